The Morgan fingerprint density at radius 1 is 1.35 bits per heavy atom. The maximum Gasteiger partial charge on any atom is 0.0900 e. The van der Waals surface area contributed by atoms with Gasteiger partial charge in [-0.05, 0) is 56.6 Å². The van der Waals surface area contributed by atoms with Crippen molar-refractivity contribution in [3.05, 3.63) is 51.0 Å². The van der Waals surface area contributed by atoms with E-state index in [0.29, 0.717) is 5.92 Å². The second-order valence-electron chi connectivity index (χ2n) is 5.81. The topological polar surface area (TPSA) is 38.9 Å². The molecule has 2 N–H and O–H groups in total. The maximum absolute atomic E-state index is 6.47. The molecule has 0 bridgehead atoms. The summed E-state index contributed by atoms with van der Waals surface area (Å²) in [6.07, 6.45) is 4.82. The van der Waals surface area contributed by atoms with Crippen LogP contribution in [0.1, 0.15) is 57.9 Å². The highest BCUT2D eigenvalue weighted by Gasteiger charge is 2.24. The van der Waals surface area contributed by atoms with Crippen LogP contribution in [0.5, 0.6) is 0 Å². The number of thiazole rings is 1. The van der Waals surface area contributed by atoms with Crippen LogP contribution >= 0.6 is 11.3 Å². The summed E-state index contributed by atoms with van der Waals surface area (Å²) in [6, 6.07) is 8.99. The third-order valence-electron chi connectivity index (χ3n) is 4.31. The SMILES string of the molecule is Cc1nc(C)c(C(N)CC2CCCc3ccccc32)s1. The Hall–Kier alpha value is -1.19. The summed E-state index contributed by atoms with van der Waals surface area (Å²) in [6.45, 7) is 4.14. The Kier molecular flexibility index (Phi) is 3.90. The van der Waals surface area contributed by atoms with Gasteiger partial charge < -0.3 is 5.73 Å². The number of fused-ring (bicyclic) bond motifs is 1. The number of nitrogens with zero attached hydrogens (tertiary/aromatic N) is 1. The van der Waals surface area contributed by atoms with Crippen LogP contribution in [0.3, 0.4) is 0 Å². The molecule has 20 heavy (non-hydrogen) atoms. The second-order valence-corrected chi connectivity index (χ2v) is 7.05. The van der Waals surface area contributed by atoms with Gasteiger partial charge in [-0.25, -0.2) is 4.98 Å². The summed E-state index contributed by atoms with van der Waals surface area (Å²) in [5.41, 5.74) is 10.6. The fraction of sp³-hybridized carbons (Fsp3) is 0.471. The van der Waals surface area contributed by atoms with E-state index in [0.717, 1.165) is 17.1 Å². The molecule has 3 rings (SSSR count). The average molecular weight is 286 g/mol. The summed E-state index contributed by atoms with van der Waals surface area (Å²) in [5.74, 6) is 0.608. The molecule has 2 atom stereocenters. The molecule has 2 unspecified atom stereocenters. The predicted molar refractivity (Wildman–Crippen MR) is 85.3 cm³/mol. The molecule has 1 aliphatic rings. The molecule has 0 aliphatic heterocycles. The van der Waals surface area contributed by atoms with Gasteiger partial charge in [-0.15, -0.1) is 11.3 Å². The van der Waals surface area contributed by atoms with Gasteiger partial charge in [0, 0.05) is 10.9 Å². The second kappa shape index (κ2) is 5.66. The minimum Gasteiger partial charge on any atom is -0.323 e. The van der Waals surface area contributed by atoms with E-state index in [9.17, 15) is 0 Å². The number of rotatable bonds is 3. The van der Waals surface area contributed by atoms with E-state index in [4.69, 9.17) is 5.73 Å². The first-order chi connectivity index (χ1) is 9.65. The summed E-state index contributed by atoms with van der Waals surface area (Å²) in [5, 5.41) is 1.12. The number of aryl methyl sites for hydroxylation is 3. The molecule has 0 saturated heterocycles. The molecule has 0 amide bonds. The highest BCUT2D eigenvalue weighted by atomic mass is 32.1. The molecule has 1 aromatic carbocycles. The van der Waals surface area contributed by atoms with Crippen molar-refractivity contribution in [1.82, 2.24) is 4.98 Å². The van der Waals surface area contributed by atoms with Crippen LogP contribution in [-0.4, -0.2) is 4.98 Å². The first kappa shape index (κ1) is 13.8. The Labute approximate surface area is 125 Å². The molecule has 1 heterocycles. The van der Waals surface area contributed by atoms with Crippen LogP contribution < -0.4 is 5.73 Å². The quantitative estimate of drug-likeness (QED) is 0.915. The van der Waals surface area contributed by atoms with Crippen molar-refractivity contribution >= 4 is 11.3 Å². The van der Waals surface area contributed by atoms with Crippen molar-refractivity contribution in [3.8, 4) is 0 Å². The number of hydrogen-bond donors (Lipinski definition) is 1. The standard InChI is InChI=1S/C17H22N2S/c1-11-17(20-12(2)19-11)16(18)10-14-8-5-7-13-6-3-4-9-15(13)14/h3-4,6,9,14,16H,5,7-8,10,18H2,1-2H3. The molecule has 0 spiro atoms. The van der Waals surface area contributed by atoms with Gasteiger partial charge in [-0.1, -0.05) is 24.3 Å². The molecular formula is C17H22N2S. The molecular weight excluding hydrogens is 264 g/mol. The monoisotopic (exact) mass is 286 g/mol. The van der Waals surface area contributed by atoms with Crippen LogP contribution in [-0.2, 0) is 6.42 Å². The summed E-state index contributed by atoms with van der Waals surface area (Å²) >= 11 is 1.76. The van der Waals surface area contributed by atoms with Gasteiger partial charge in [0.2, 0.25) is 0 Å². The van der Waals surface area contributed by atoms with Crippen LogP contribution in [0.15, 0.2) is 24.3 Å². The number of hydrogen-bond acceptors (Lipinski definition) is 3. The minimum absolute atomic E-state index is 0.123. The van der Waals surface area contributed by atoms with E-state index in [-0.39, 0.29) is 6.04 Å². The molecule has 1 aliphatic carbocycles. The van der Waals surface area contributed by atoms with E-state index in [2.05, 4.69) is 43.1 Å². The summed E-state index contributed by atoms with van der Waals surface area (Å²) in [4.78, 5) is 5.78. The molecule has 0 fully saturated rings. The Bertz CT molecular complexity index is 603. The number of aromatic nitrogens is 1. The lowest BCUT2D eigenvalue weighted by atomic mass is 9.79. The minimum atomic E-state index is 0.123. The van der Waals surface area contributed by atoms with Crippen molar-refractivity contribution in [3.63, 3.8) is 0 Å². The summed E-state index contributed by atoms with van der Waals surface area (Å²) in [7, 11) is 0. The van der Waals surface area contributed by atoms with Crippen LogP contribution in [0.25, 0.3) is 0 Å². The van der Waals surface area contributed by atoms with Gasteiger partial charge in [0.25, 0.3) is 0 Å². The van der Waals surface area contributed by atoms with Crippen molar-refractivity contribution in [1.29, 1.82) is 0 Å². The number of benzene rings is 1. The van der Waals surface area contributed by atoms with Crippen molar-refractivity contribution in [2.24, 2.45) is 5.73 Å². The van der Waals surface area contributed by atoms with Crippen molar-refractivity contribution in [2.75, 3.05) is 0 Å². The van der Waals surface area contributed by atoms with E-state index >= 15 is 0 Å². The molecule has 1 aromatic heterocycles. The predicted octanol–water partition coefficient (Wildman–Crippen LogP) is 4.27. The Morgan fingerprint density at radius 2 is 2.15 bits per heavy atom. The van der Waals surface area contributed by atoms with Crippen LogP contribution in [0, 0.1) is 13.8 Å². The Morgan fingerprint density at radius 3 is 2.90 bits per heavy atom. The lowest BCUT2D eigenvalue weighted by molar-refractivity contribution is 0.478. The lowest BCUT2D eigenvalue weighted by Gasteiger charge is -2.27. The lowest BCUT2D eigenvalue weighted by Crippen LogP contribution is -2.18. The summed E-state index contributed by atoms with van der Waals surface area (Å²) < 4.78 is 0. The first-order valence-electron chi connectivity index (χ1n) is 7.42. The van der Waals surface area contributed by atoms with Crippen LogP contribution in [0.2, 0.25) is 0 Å². The van der Waals surface area contributed by atoms with Gasteiger partial charge in [0.15, 0.2) is 0 Å². The third-order valence-corrected chi connectivity index (χ3v) is 5.51. The molecule has 0 radical (unpaired) electrons. The molecule has 106 valence electrons. The van der Waals surface area contributed by atoms with Crippen molar-refractivity contribution in [2.45, 2.75) is 51.5 Å². The van der Waals surface area contributed by atoms with E-state index in [1.807, 2.05) is 0 Å². The first-order valence-corrected chi connectivity index (χ1v) is 8.24. The van der Waals surface area contributed by atoms with E-state index in [1.165, 1.54) is 35.3 Å². The molecule has 2 aromatic rings. The highest BCUT2D eigenvalue weighted by Crippen LogP contribution is 2.38. The normalized spacial score (nSPS) is 19.6. The molecule has 2 nitrogen and oxygen atoms in total. The van der Waals surface area contributed by atoms with E-state index in [1.54, 1.807) is 11.3 Å². The fourth-order valence-corrected chi connectivity index (χ4v) is 4.35. The van der Waals surface area contributed by atoms with Gasteiger partial charge in [0.1, 0.15) is 0 Å². The van der Waals surface area contributed by atoms with Gasteiger partial charge in [0.05, 0.1) is 10.7 Å². The zero-order chi connectivity index (χ0) is 14.1. The van der Waals surface area contributed by atoms with Crippen molar-refractivity contribution < 1.29 is 0 Å². The average Bonchev–Trinajstić information content (AvgIpc) is 2.78. The highest BCUT2D eigenvalue weighted by molar-refractivity contribution is 7.11. The molecule has 0 saturated carbocycles. The maximum atomic E-state index is 6.47. The fourth-order valence-electron chi connectivity index (χ4n) is 3.40. The number of nitrogens with two attached hydrogens (primary N) is 1. The largest absolute Gasteiger partial charge is 0.323 e. The van der Waals surface area contributed by atoms with E-state index < -0.39 is 0 Å². The smallest absolute Gasteiger partial charge is 0.0900 e. The van der Waals surface area contributed by atoms with Gasteiger partial charge >= 0.3 is 0 Å². The Balaban J connectivity index is 1.80. The third kappa shape index (κ3) is 2.65. The van der Waals surface area contributed by atoms with Gasteiger partial charge in [-0.3, -0.25) is 0 Å². The molecule has 3 heteroatoms. The van der Waals surface area contributed by atoms with Gasteiger partial charge in [-0.2, -0.15) is 0 Å². The zero-order valence-electron chi connectivity index (χ0n) is 12.2. The zero-order valence-corrected chi connectivity index (χ0v) is 13.0. The van der Waals surface area contributed by atoms with Crippen LogP contribution in [0.4, 0.5) is 0 Å².